The number of hydrogen-bond donors (Lipinski definition) is 1. The molecule has 2 atom stereocenters. The lowest BCUT2D eigenvalue weighted by Gasteiger charge is -2.23. The van der Waals surface area contributed by atoms with Crippen molar-refractivity contribution < 1.29 is 9.53 Å². The summed E-state index contributed by atoms with van der Waals surface area (Å²) in [5, 5.41) is 14.3. The Morgan fingerprint density at radius 3 is 2.19 bits per heavy atom. The molecule has 1 aliphatic heterocycles. The van der Waals surface area contributed by atoms with Gasteiger partial charge in [0.15, 0.2) is 0 Å². The Bertz CT molecular complexity index is 1300. The van der Waals surface area contributed by atoms with Gasteiger partial charge in [0.2, 0.25) is 18.0 Å². The second-order valence-corrected chi connectivity index (χ2v) is 8.31. The molecule has 4 aromatic carbocycles. The molecule has 5 rings (SSSR count). The molecule has 4 aromatic rings. The summed E-state index contributed by atoms with van der Waals surface area (Å²) in [5.74, 6) is 0.276. The highest BCUT2D eigenvalue weighted by atomic mass is 35.5. The highest BCUT2D eigenvalue weighted by molar-refractivity contribution is 6.30. The number of hydrazone groups is 1. The fourth-order valence-electron chi connectivity index (χ4n) is 4.12. The normalized spacial score (nSPS) is 16.7. The van der Waals surface area contributed by atoms with E-state index in [1.54, 1.807) is 0 Å². The number of benzene rings is 4. The average molecular weight is 444 g/mol. The van der Waals surface area contributed by atoms with Crippen LogP contribution in [-0.2, 0) is 9.53 Å². The first kappa shape index (κ1) is 20.3. The van der Waals surface area contributed by atoms with Crippen LogP contribution in [-0.4, -0.2) is 22.9 Å². The summed E-state index contributed by atoms with van der Waals surface area (Å²) in [7, 11) is 0. The fourth-order valence-corrected chi connectivity index (χ4v) is 4.25. The third-order valence-electron chi connectivity index (χ3n) is 5.64. The minimum absolute atomic E-state index is 0.180. The maximum Gasteiger partial charge on any atom is 0.243 e. The quantitative estimate of drug-likeness (QED) is 0.374. The topological polar surface area (TPSA) is 53.9 Å². The van der Waals surface area contributed by atoms with Crippen molar-refractivity contribution in [3.63, 3.8) is 0 Å². The largest absolute Gasteiger partial charge is 0.448 e. The SMILES string of the molecule is CC(=O)N1N=C([C@H](C)Nc2ccc(Cl)cc2)O[C@@H]1c1c2ccccc2cc2ccccc12. The molecule has 1 N–H and O–H groups in total. The van der Waals surface area contributed by atoms with Gasteiger partial charge in [0, 0.05) is 23.2 Å². The molecule has 160 valence electrons. The molecule has 0 saturated heterocycles. The molecular formula is C26H22ClN3O2. The number of nitrogens with zero attached hydrogens (tertiary/aromatic N) is 2. The van der Waals surface area contributed by atoms with E-state index in [-0.39, 0.29) is 11.9 Å². The van der Waals surface area contributed by atoms with Crippen molar-refractivity contribution in [2.75, 3.05) is 5.32 Å². The van der Waals surface area contributed by atoms with Gasteiger partial charge in [0.1, 0.15) is 6.04 Å². The second kappa shape index (κ2) is 8.17. The number of carbonyl (C=O) groups excluding carboxylic acids is 1. The van der Waals surface area contributed by atoms with E-state index in [4.69, 9.17) is 16.3 Å². The molecule has 0 fully saturated rings. The Morgan fingerprint density at radius 1 is 1.00 bits per heavy atom. The van der Waals surface area contributed by atoms with Gasteiger partial charge in [-0.25, -0.2) is 0 Å². The van der Waals surface area contributed by atoms with E-state index in [1.807, 2.05) is 55.5 Å². The number of halogens is 1. The number of nitrogens with one attached hydrogen (secondary N) is 1. The van der Waals surface area contributed by atoms with Gasteiger partial charge in [0.05, 0.1) is 0 Å². The highest BCUT2D eigenvalue weighted by Gasteiger charge is 2.36. The van der Waals surface area contributed by atoms with E-state index in [9.17, 15) is 4.79 Å². The third-order valence-corrected chi connectivity index (χ3v) is 5.89. The number of carbonyl (C=O) groups is 1. The summed E-state index contributed by atoms with van der Waals surface area (Å²) in [6.45, 7) is 3.46. The summed E-state index contributed by atoms with van der Waals surface area (Å²) < 4.78 is 6.36. The van der Waals surface area contributed by atoms with Crippen molar-refractivity contribution in [1.29, 1.82) is 0 Å². The van der Waals surface area contributed by atoms with Crippen LogP contribution in [0.2, 0.25) is 5.02 Å². The first-order valence-corrected chi connectivity index (χ1v) is 10.9. The molecule has 6 heteroatoms. The van der Waals surface area contributed by atoms with Crippen molar-refractivity contribution in [3.05, 3.63) is 89.4 Å². The van der Waals surface area contributed by atoms with Gasteiger partial charge in [-0.2, -0.15) is 5.01 Å². The predicted octanol–water partition coefficient (Wildman–Crippen LogP) is 6.34. The third kappa shape index (κ3) is 3.65. The van der Waals surface area contributed by atoms with Gasteiger partial charge in [0.25, 0.3) is 0 Å². The molecule has 1 aliphatic rings. The highest BCUT2D eigenvalue weighted by Crippen LogP contribution is 2.39. The molecule has 0 radical (unpaired) electrons. The Hall–Kier alpha value is -3.57. The van der Waals surface area contributed by atoms with Gasteiger partial charge < -0.3 is 10.1 Å². The van der Waals surface area contributed by atoms with Crippen LogP contribution in [0, 0.1) is 0 Å². The number of anilines is 1. The van der Waals surface area contributed by atoms with Crippen LogP contribution in [0.1, 0.15) is 25.6 Å². The summed E-state index contributed by atoms with van der Waals surface area (Å²) in [4.78, 5) is 12.6. The number of amides is 1. The van der Waals surface area contributed by atoms with Gasteiger partial charge in [-0.1, -0.05) is 60.1 Å². The van der Waals surface area contributed by atoms with Gasteiger partial charge in [-0.05, 0) is 58.8 Å². The summed E-state index contributed by atoms with van der Waals surface area (Å²) in [6.07, 6.45) is -0.645. The molecule has 5 nitrogen and oxygen atoms in total. The minimum Gasteiger partial charge on any atom is -0.448 e. The lowest BCUT2D eigenvalue weighted by molar-refractivity contribution is -0.135. The monoisotopic (exact) mass is 443 g/mol. The van der Waals surface area contributed by atoms with E-state index >= 15 is 0 Å². The van der Waals surface area contributed by atoms with Crippen LogP contribution < -0.4 is 5.32 Å². The average Bonchev–Trinajstić information content (AvgIpc) is 3.24. The van der Waals surface area contributed by atoms with E-state index in [0.29, 0.717) is 10.9 Å². The van der Waals surface area contributed by atoms with Gasteiger partial charge >= 0.3 is 0 Å². The van der Waals surface area contributed by atoms with Gasteiger partial charge in [-0.3, -0.25) is 4.79 Å². The number of hydrogen-bond acceptors (Lipinski definition) is 4. The van der Waals surface area contributed by atoms with E-state index < -0.39 is 6.23 Å². The van der Waals surface area contributed by atoms with E-state index in [1.165, 1.54) is 11.9 Å². The molecule has 0 aromatic heterocycles. The molecule has 0 aliphatic carbocycles. The molecule has 32 heavy (non-hydrogen) atoms. The standard InChI is InChI=1S/C26H22ClN3O2/c1-16(28-21-13-11-20(27)12-14-21)25-29-30(17(2)31)26(32-25)24-22-9-5-3-7-18(22)15-19-8-4-6-10-23(19)24/h3-16,26,28H,1-2H3/t16-,26+/m0/s1. The Morgan fingerprint density at radius 2 is 1.59 bits per heavy atom. The van der Waals surface area contributed by atoms with Crippen LogP contribution >= 0.6 is 11.6 Å². The Balaban J connectivity index is 1.56. The molecule has 0 unspecified atom stereocenters. The van der Waals surface area contributed by atoms with Crippen molar-refractivity contribution in [2.45, 2.75) is 26.1 Å². The zero-order chi connectivity index (χ0) is 22.2. The maximum absolute atomic E-state index is 12.6. The van der Waals surface area contributed by atoms with Crippen molar-refractivity contribution in [3.8, 4) is 0 Å². The van der Waals surface area contributed by atoms with E-state index in [2.05, 4.69) is 40.8 Å². The Kier molecular flexibility index (Phi) is 5.19. The van der Waals surface area contributed by atoms with Crippen molar-refractivity contribution >= 4 is 50.6 Å². The van der Waals surface area contributed by atoms with Crippen molar-refractivity contribution in [1.82, 2.24) is 5.01 Å². The second-order valence-electron chi connectivity index (χ2n) is 7.88. The molecular weight excluding hydrogens is 422 g/mol. The molecule has 1 heterocycles. The Labute approximate surface area is 191 Å². The van der Waals surface area contributed by atoms with Crippen LogP contribution in [0.15, 0.2) is 84.0 Å². The summed E-state index contributed by atoms with van der Waals surface area (Å²) in [5.41, 5.74) is 1.83. The minimum atomic E-state index is -0.645. The number of fused-ring (bicyclic) bond motifs is 2. The predicted molar refractivity (Wildman–Crippen MR) is 130 cm³/mol. The number of rotatable bonds is 4. The van der Waals surface area contributed by atoms with Crippen LogP contribution in [0.25, 0.3) is 21.5 Å². The summed E-state index contributed by atoms with van der Waals surface area (Å²) in [6, 6.07) is 25.6. The zero-order valence-corrected chi connectivity index (χ0v) is 18.5. The fraction of sp³-hybridized carbons (Fsp3) is 0.154. The smallest absolute Gasteiger partial charge is 0.243 e. The lowest BCUT2D eigenvalue weighted by Crippen LogP contribution is -2.27. The van der Waals surface area contributed by atoms with Crippen molar-refractivity contribution in [2.24, 2.45) is 5.10 Å². The number of ether oxygens (including phenoxy) is 1. The first-order valence-electron chi connectivity index (χ1n) is 10.5. The summed E-state index contributed by atoms with van der Waals surface area (Å²) >= 11 is 5.99. The molecule has 0 spiro atoms. The maximum atomic E-state index is 12.6. The zero-order valence-electron chi connectivity index (χ0n) is 17.7. The van der Waals surface area contributed by atoms with Crippen LogP contribution in [0.5, 0.6) is 0 Å². The molecule has 1 amide bonds. The lowest BCUT2D eigenvalue weighted by atomic mass is 9.95. The van der Waals surface area contributed by atoms with E-state index in [0.717, 1.165) is 32.8 Å². The molecule has 0 saturated carbocycles. The van der Waals surface area contributed by atoms with Crippen LogP contribution in [0.3, 0.4) is 0 Å². The first-order chi connectivity index (χ1) is 15.5. The van der Waals surface area contributed by atoms with Crippen LogP contribution in [0.4, 0.5) is 5.69 Å². The van der Waals surface area contributed by atoms with Gasteiger partial charge in [-0.15, -0.1) is 5.10 Å². The molecule has 0 bridgehead atoms.